The minimum absolute atomic E-state index is 0.505. The van der Waals surface area contributed by atoms with Crippen LogP contribution in [0.3, 0.4) is 0 Å². The molecule has 2 N–H and O–H groups in total. The third-order valence-corrected chi connectivity index (χ3v) is 3.95. The van der Waals surface area contributed by atoms with Crippen LogP contribution in [0.5, 0.6) is 0 Å². The van der Waals surface area contributed by atoms with E-state index in [1.165, 1.54) is 25.7 Å². The Morgan fingerprint density at radius 2 is 1.64 bits per heavy atom. The van der Waals surface area contributed by atoms with Crippen LogP contribution in [0.15, 0.2) is 0 Å². The molecule has 0 aromatic heterocycles. The van der Waals surface area contributed by atoms with Crippen LogP contribution in [0.4, 0.5) is 0 Å². The summed E-state index contributed by atoms with van der Waals surface area (Å²) in [5, 5.41) is 18.6. The van der Waals surface area contributed by atoms with Gasteiger partial charge in [0.15, 0.2) is 0 Å². The molecule has 2 fully saturated rings. The summed E-state index contributed by atoms with van der Waals surface area (Å²) in [5.74, 6) is -0.168. The number of carboxylic acids is 1. The molecular formula is C11H18O3. The van der Waals surface area contributed by atoms with Crippen LogP contribution in [0.25, 0.3) is 0 Å². The number of fused-ring (bicyclic) bond motifs is 1. The molecular weight excluding hydrogens is 180 g/mol. The Balaban J connectivity index is 2.03. The lowest BCUT2D eigenvalue weighted by atomic mass is 9.66. The van der Waals surface area contributed by atoms with Crippen molar-refractivity contribution in [2.75, 3.05) is 0 Å². The summed E-state index contributed by atoms with van der Waals surface area (Å²) in [6.45, 7) is 0. The van der Waals surface area contributed by atoms with Gasteiger partial charge in [-0.2, -0.15) is 0 Å². The van der Waals surface area contributed by atoms with E-state index in [0.717, 1.165) is 0 Å². The molecule has 0 spiro atoms. The Labute approximate surface area is 84.1 Å². The molecule has 14 heavy (non-hydrogen) atoms. The second kappa shape index (κ2) is 3.89. The largest absolute Gasteiger partial charge is 0.481 e. The first-order chi connectivity index (χ1) is 6.68. The summed E-state index contributed by atoms with van der Waals surface area (Å²) in [7, 11) is 0. The van der Waals surface area contributed by atoms with E-state index in [0.29, 0.717) is 24.7 Å². The average molecular weight is 198 g/mol. The number of carbonyl (C=O) groups is 1. The number of hydrogen-bond acceptors (Lipinski definition) is 2. The van der Waals surface area contributed by atoms with Gasteiger partial charge in [0, 0.05) is 0 Å². The lowest BCUT2D eigenvalue weighted by molar-refractivity contribution is -0.150. The van der Waals surface area contributed by atoms with Gasteiger partial charge in [-0.3, -0.25) is 4.79 Å². The van der Waals surface area contributed by atoms with Crippen molar-refractivity contribution in [1.82, 2.24) is 0 Å². The van der Waals surface area contributed by atoms with Gasteiger partial charge in [-0.25, -0.2) is 0 Å². The highest BCUT2D eigenvalue weighted by atomic mass is 16.4. The number of hydrogen-bond donors (Lipinski definition) is 2. The number of aliphatic hydroxyl groups excluding tert-OH is 1. The highest BCUT2D eigenvalue weighted by Gasteiger charge is 2.40. The molecule has 4 atom stereocenters. The maximum Gasteiger partial charge on any atom is 0.309 e. The zero-order valence-corrected chi connectivity index (χ0v) is 8.35. The Morgan fingerprint density at radius 1 is 1.07 bits per heavy atom. The predicted molar refractivity (Wildman–Crippen MR) is 51.8 cm³/mol. The van der Waals surface area contributed by atoms with Gasteiger partial charge in [0.2, 0.25) is 0 Å². The van der Waals surface area contributed by atoms with E-state index in [1.807, 2.05) is 0 Å². The fraction of sp³-hybridized carbons (Fsp3) is 0.909. The summed E-state index contributed by atoms with van der Waals surface area (Å²) < 4.78 is 0. The van der Waals surface area contributed by atoms with E-state index in [2.05, 4.69) is 0 Å². The predicted octanol–water partition coefficient (Wildman–Crippen LogP) is 1.65. The summed E-state index contributed by atoms with van der Waals surface area (Å²) in [4.78, 5) is 10.9. The van der Waals surface area contributed by atoms with Crippen molar-refractivity contribution in [2.24, 2.45) is 17.8 Å². The maximum atomic E-state index is 10.9. The van der Waals surface area contributed by atoms with Gasteiger partial charge in [0.1, 0.15) is 0 Å². The smallest absolute Gasteiger partial charge is 0.309 e. The lowest BCUT2D eigenvalue weighted by Crippen LogP contribution is -2.40. The normalized spacial score (nSPS) is 42.9. The highest BCUT2D eigenvalue weighted by Crippen LogP contribution is 2.42. The number of carboxylic acid groups (broad SMARTS) is 1. The molecule has 2 aliphatic carbocycles. The molecule has 0 saturated heterocycles. The molecule has 0 aliphatic heterocycles. The zero-order valence-electron chi connectivity index (χ0n) is 8.35. The monoisotopic (exact) mass is 198 g/mol. The molecule has 2 rings (SSSR count). The Morgan fingerprint density at radius 3 is 2.21 bits per heavy atom. The molecule has 0 radical (unpaired) electrons. The van der Waals surface area contributed by atoms with Crippen LogP contribution >= 0.6 is 0 Å². The zero-order chi connectivity index (χ0) is 10.1. The topological polar surface area (TPSA) is 57.5 Å². The molecule has 3 nitrogen and oxygen atoms in total. The molecule has 0 unspecified atom stereocenters. The number of aliphatic hydroxyl groups is 1. The Kier molecular flexibility index (Phi) is 2.77. The minimum atomic E-state index is -0.818. The first-order valence-electron chi connectivity index (χ1n) is 5.59. The van der Waals surface area contributed by atoms with E-state index in [-0.39, 0.29) is 0 Å². The fourth-order valence-electron chi connectivity index (χ4n) is 3.13. The standard InChI is InChI=1S/C11H18O3/c12-10-6-8-4-2-1-3-7(8)5-9(10)11(13)14/h7-10,12H,1-6H2,(H,13,14)/t7-,8-,9-,10-/m0/s1. The van der Waals surface area contributed by atoms with Gasteiger partial charge >= 0.3 is 5.97 Å². The van der Waals surface area contributed by atoms with E-state index in [9.17, 15) is 9.90 Å². The van der Waals surface area contributed by atoms with Crippen LogP contribution in [-0.4, -0.2) is 22.3 Å². The van der Waals surface area contributed by atoms with Crippen molar-refractivity contribution in [2.45, 2.75) is 44.6 Å². The summed E-state index contributed by atoms with van der Waals surface area (Å²) >= 11 is 0. The number of rotatable bonds is 1. The average Bonchev–Trinajstić information content (AvgIpc) is 2.16. The van der Waals surface area contributed by atoms with Crippen LogP contribution in [0.1, 0.15) is 38.5 Å². The summed E-state index contributed by atoms with van der Waals surface area (Å²) in [6, 6.07) is 0. The molecule has 0 bridgehead atoms. The van der Waals surface area contributed by atoms with Crippen molar-refractivity contribution < 1.29 is 15.0 Å². The lowest BCUT2D eigenvalue weighted by Gasteiger charge is -2.40. The second-order valence-corrected chi connectivity index (χ2v) is 4.79. The van der Waals surface area contributed by atoms with E-state index < -0.39 is 18.0 Å². The Bertz CT molecular complexity index is 227. The van der Waals surface area contributed by atoms with Gasteiger partial charge in [0.05, 0.1) is 12.0 Å². The quantitative estimate of drug-likeness (QED) is 0.673. The molecule has 0 aromatic carbocycles. The molecule has 0 heterocycles. The van der Waals surface area contributed by atoms with Crippen LogP contribution in [0.2, 0.25) is 0 Å². The van der Waals surface area contributed by atoms with Gasteiger partial charge < -0.3 is 10.2 Å². The summed E-state index contributed by atoms with van der Waals surface area (Å²) in [6.07, 6.45) is 5.65. The van der Waals surface area contributed by atoms with E-state index >= 15 is 0 Å². The molecule has 2 saturated carbocycles. The van der Waals surface area contributed by atoms with Gasteiger partial charge in [0.25, 0.3) is 0 Å². The van der Waals surface area contributed by atoms with E-state index in [4.69, 9.17) is 5.11 Å². The van der Waals surface area contributed by atoms with Crippen molar-refractivity contribution in [3.63, 3.8) is 0 Å². The third kappa shape index (κ3) is 1.78. The van der Waals surface area contributed by atoms with Crippen LogP contribution < -0.4 is 0 Å². The van der Waals surface area contributed by atoms with Crippen LogP contribution in [-0.2, 0) is 4.79 Å². The summed E-state index contributed by atoms with van der Waals surface area (Å²) in [5.41, 5.74) is 0. The van der Waals surface area contributed by atoms with Crippen molar-refractivity contribution in [3.8, 4) is 0 Å². The Hall–Kier alpha value is -0.570. The van der Waals surface area contributed by atoms with Crippen molar-refractivity contribution in [1.29, 1.82) is 0 Å². The van der Waals surface area contributed by atoms with Gasteiger partial charge in [-0.1, -0.05) is 25.7 Å². The number of aliphatic carboxylic acids is 1. The SMILES string of the molecule is O=C(O)[C@H]1C[C@@H]2CCCC[C@H]2C[C@@H]1O. The minimum Gasteiger partial charge on any atom is -0.481 e. The second-order valence-electron chi connectivity index (χ2n) is 4.79. The molecule has 0 aromatic rings. The van der Waals surface area contributed by atoms with Crippen molar-refractivity contribution in [3.05, 3.63) is 0 Å². The maximum absolute atomic E-state index is 10.9. The molecule has 0 amide bonds. The van der Waals surface area contributed by atoms with Crippen LogP contribution in [0, 0.1) is 17.8 Å². The molecule has 80 valence electrons. The van der Waals surface area contributed by atoms with Crippen molar-refractivity contribution >= 4 is 5.97 Å². The fourth-order valence-corrected chi connectivity index (χ4v) is 3.13. The van der Waals surface area contributed by atoms with E-state index in [1.54, 1.807) is 0 Å². The first kappa shape index (κ1) is 9.97. The highest BCUT2D eigenvalue weighted by molar-refractivity contribution is 5.70. The molecule has 3 heteroatoms. The van der Waals surface area contributed by atoms with Gasteiger partial charge in [-0.15, -0.1) is 0 Å². The third-order valence-electron chi connectivity index (χ3n) is 3.95. The molecule has 2 aliphatic rings. The van der Waals surface area contributed by atoms with Gasteiger partial charge in [-0.05, 0) is 24.7 Å². The first-order valence-corrected chi connectivity index (χ1v) is 5.59.